The number of hydrogen-bond acceptors (Lipinski definition) is 7. The predicted molar refractivity (Wildman–Crippen MR) is 132 cm³/mol. The van der Waals surface area contributed by atoms with Gasteiger partial charge in [-0.05, 0) is 37.6 Å². The Morgan fingerprint density at radius 2 is 2.09 bits per heavy atom. The van der Waals surface area contributed by atoms with E-state index in [0.29, 0.717) is 34.8 Å². The molecule has 2 saturated heterocycles. The van der Waals surface area contributed by atoms with Crippen LogP contribution in [0.5, 0.6) is 11.5 Å². The van der Waals surface area contributed by atoms with Crippen LogP contribution < -0.4 is 20.1 Å². The number of halogens is 3. The molecule has 3 heterocycles. The van der Waals surface area contributed by atoms with E-state index in [2.05, 4.69) is 25.5 Å². The van der Waals surface area contributed by atoms with E-state index in [0.717, 1.165) is 32.4 Å². The maximum Gasteiger partial charge on any atom is 0.237 e. The lowest BCUT2D eigenvalue weighted by atomic mass is 9.98. The van der Waals surface area contributed by atoms with Crippen molar-refractivity contribution in [3.63, 3.8) is 0 Å². The van der Waals surface area contributed by atoms with Crippen LogP contribution in [-0.2, 0) is 4.79 Å². The van der Waals surface area contributed by atoms with Crippen LogP contribution in [-0.4, -0.2) is 59.7 Å². The minimum Gasteiger partial charge on any atom is -0.493 e. The van der Waals surface area contributed by atoms with E-state index in [-0.39, 0.29) is 33.7 Å². The molecular formula is C24H24Cl2FN5O3. The van der Waals surface area contributed by atoms with E-state index in [1.54, 1.807) is 12.1 Å². The van der Waals surface area contributed by atoms with Crippen LogP contribution in [0.2, 0.25) is 10.0 Å². The number of fused-ring (bicyclic) bond motifs is 2. The van der Waals surface area contributed by atoms with Gasteiger partial charge < -0.3 is 20.1 Å². The van der Waals surface area contributed by atoms with Crippen LogP contribution in [0, 0.1) is 5.82 Å². The second-order valence-corrected chi connectivity index (χ2v) is 9.40. The number of methoxy groups -OCH3 is 1. The maximum absolute atomic E-state index is 14.6. The third-order valence-electron chi connectivity index (χ3n) is 6.37. The smallest absolute Gasteiger partial charge is 0.237 e. The number of carbonyl (C=O) groups is 1. The third kappa shape index (κ3) is 4.80. The molecule has 2 unspecified atom stereocenters. The molecule has 3 aromatic rings. The van der Waals surface area contributed by atoms with Gasteiger partial charge >= 0.3 is 0 Å². The van der Waals surface area contributed by atoms with E-state index in [1.807, 2.05) is 0 Å². The summed E-state index contributed by atoms with van der Waals surface area (Å²) < 4.78 is 26.2. The fourth-order valence-corrected chi connectivity index (χ4v) is 4.91. The Hall–Kier alpha value is -2.88. The number of carbonyl (C=O) groups excluding carboxylic acids is 1. The highest BCUT2D eigenvalue weighted by Crippen LogP contribution is 2.36. The van der Waals surface area contributed by atoms with Crippen molar-refractivity contribution in [2.24, 2.45) is 0 Å². The molecule has 0 spiro atoms. The molecule has 11 heteroatoms. The van der Waals surface area contributed by atoms with Crippen molar-refractivity contribution >= 4 is 51.5 Å². The molecule has 2 N–H and O–H groups in total. The number of anilines is 2. The van der Waals surface area contributed by atoms with E-state index >= 15 is 0 Å². The zero-order valence-electron chi connectivity index (χ0n) is 19.0. The number of rotatable bonds is 6. The van der Waals surface area contributed by atoms with Gasteiger partial charge in [0.05, 0.1) is 40.4 Å². The molecular weight excluding hydrogens is 496 g/mol. The monoisotopic (exact) mass is 519 g/mol. The second-order valence-electron chi connectivity index (χ2n) is 8.61. The lowest BCUT2D eigenvalue weighted by molar-refractivity contribution is -0.132. The zero-order valence-corrected chi connectivity index (χ0v) is 20.5. The molecule has 1 aromatic heterocycles. The summed E-state index contributed by atoms with van der Waals surface area (Å²) in [5.41, 5.74) is 0.699. The number of ether oxygens (including phenoxy) is 2. The van der Waals surface area contributed by atoms with Crippen LogP contribution in [0.25, 0.3) is 10.9 Å². The van der Waals surface area contributed by atoms with Crippen molar-refractivity contribution in [1.82, 2.24) is 20.2 Å². The number of nitrogens with one attached hydrogen (secondary N) is 2. The number of amides is 1. The zero-order chi connectivity index (χ0) is 24.5. The highest BCUT2D eigenvalue weighted by molar-refractivity contribution is 6.42. The Kier molecular flexibility index (Phi) is 6.82. The van der Waals surface area contributed by atoms with Gasteiger partial charge in [0.2, 0.25) is 5.91 Å². The van der Waals surface area contributed by atoms with Crippen molar-refractivity contribution in [3.8, 4) is 11.5 Å². The van der Waals surface area contributed by atoms with Gasteiger partial charge in [0, 0.05) is 18.0 Å². The van der Waals surface area contributed by atoms with Gasteiger partial charge in [-0.2, -0.15) is 0 Å². The number of piperazine rings is 1. The fourth-order valence-electron chi connectivity index (χ4n) is 4.60. The summed E-state index contributed by atoms with van der Waals surface area (Å²) in [5, 5.41) is 6.57. The molecule has 184 valence electrons. The molecule has 8 nitrogen and oxygen atoms in total. The first-order chi connectivity index (χ1) is 16.9. The predicted octanol–water partition coefficient (Wildman–Crippen LogP) is 4.56. The largest absolute Gasteiger partial charge is 0.493 e. The van der Waals surface area contributed by atoms with Crippen molar-refractivity contribution in [2.45, 2.75) is 31.3 Å². The SMILES string of the molecule is COc1cc2c(Nc3ccc(Cl)c(Cl)c3F)ncnc2cc1OCC1CN2CCCCC2C(=O)N1. The molecule has 2 fully saturated rings. The van der Waals surface area contributed by atoms with Crippen molar-refractivity contribution in [2.75, 3.05) is 32.1 Å². The second kappa shape index (κ2) is 10.0. The molecule has 0 saturated carbocycles. The number of aromatic nitrogens is 2. The summed E-state index contributed by atoms with van der Waals surface area (Å²) in [4.78, 5) is 23.3. The molecule has 2 aromatic carbocycles. The van der Waals surface area contributed by atoms with Crippen molar-refractivity contribution in [1.29, 1.82) is 0 Å². The number of hydrogen-bond donors (Lipinski definition) is 2. The highest BCUT2D eigenvalue weighted by Gasteiger charge is 2.36. The Morgan fingerprint density at radius 3 is 2.91 bits per heavy atom. The van der Waals surface area contributed by atoms with Crippen LogP contribution >= 0.6 is 23.2 Å². The number of benzene rings is 2. The van der Waals surface area contributed by atoms with Crippen LogP contribution in [0.15, 0.2) is 30.6 Å². The normalized spacial score (nSPS) is 20.3. The van der Waals surface area contributed by atoms with Crippen LogP contribution in [0.1, 0.15) is 19.3 Å². The number of piperidine rings is 1. The summed E-state index contributed by atoms with van der Waals surface area (Å²) in [6.45, 7) is 1.97. The Labute approximate surface area is 211 Å². The van der Waals surface area contributed by atoms with Gasteiger partial charge in [-0.3, -0.25) is 9.69 Å². The quantitative estimate of drug-likeness (QED) is 0.461. The van der Waals surface area contributed by atoms with Crippen LogP contribution in [0.3, 0.4) is 0 Å². The highest BCUT2D eigenvalue weighted by atomic mass is 35.5. The first-order valence-corrected chi connectivity index (χ1v) is 12.1. The molecule has 2 aliphatic rings. The van der Waals surface area contributed by atoms with Gasteiger partial charge in [-0.25, -0.2) is 14.4 Å². The average molecular weight is 520 g/mol. The van der Waals surface area contributed by atoms with E-state index < -0.39 is 5.82 Å². The third-order valence-corrected chi connectivity index (χ3v) is 7.15. The molecule has 5 rings (SSSR count). The summed E-state index contributed by atoms with van der Waals surface area (Å²) in [5.74, 6) is 0.701. The first-order valence-electron chi connectivity index (χ1n) is 11.3. The van der Waals surface area contributed by atoms with Crippen molar-refractivity contribution < 1.29 is 18.7 Å². The molecule has 35 heavy (non-hydrogen) atoms. The minimum absolute atomic E-state index is 0.0295. The summed E-state index contributed by atoms with van der Waals surface area (Å²) in [6, 6.07) is 6.29. The molecule has 0 aliphatic carbocycles. The Morgan fingerprint density at radius 1 is 1.23 bits per heavy atom. The van der Waals surface area contributed by atoms with Crippen LogP contribution in [0.4, 0.5) is 15.9 Å². The molecule has 0 bridgehead atoms. The summed E-state index contributed by atoms with van der Waals surface area (Å²) in [6.07, 6.45) is 4.47. The summed E-state index contributed by atoms with van der Waals surface area (Å²) >= 11 is 11.8. The average Bonchev–Trinajstić information content (AvgIpc) is 2.87. The van der Waals surface area contributed by atoms with Gasteiger partial charge in [0.15, 0.2) is 17.3 Å². The molecule has 1 amide bonds. The molecule has 2 aliphatic heterocycles. The lowest BCUT2D eigenvalue weighted by Crippen LogP contribution is -2.62. The molecule has 2 atom stereocenters. The standard InChI is InChI=1S/C24H24Cl2FN5O3/c1-34-19-8-14-17(28-12-29-23(14)31-16-6-5-15(25)21(26)22(16)27)9-20(19)35-11-13-10-32-7-3-2-4-18(32)24(33)30-13/h5-6,8-9,12-13,18H,2-4,7,10-11H2,1H3,(H,30,33)(H,28,29,31). The topological polar surface area (TPSA) is 88.6 Å². The van der Waals surface area contributed by atoms with Gasteiger partial charge in [-0.15, -0.1) is 0 Å². The maximum atomic E-state index is 14.6. The van der Waals surface area contributed by atoms with Crippen molar-refractivity contribution in [3.05, 3.63) is 46.5 Å². The summed E-state index contributed by atoms with van der Waals surface area (Å²) in [7, 11) is 1.53. The van der Waals surface area contributed by atoms with E-state index in [4.69, 9.17) is 32.7 Å². The van der Waals surface area contributed by atoms with Gasteiger partial charge in [-0.1, -0.05) is 29.6 Å². The first kappa shape index (κ1) is 23.8. The van der Waals surface area contributed by atoms with E-state index in [1.165, 1.54) is 25.6 Å². The molecule has 0 radical (unpaired) electrons. The van der Waals surface area contributed by atoms with E-state index in [9.17, 15) is 9.18 Å². The fraction of sp³-hybridized carbons (Fsp3) is 0.375. The minimum atomic E-state index is -0.677. The number of nitrogens with zero attached hydrogens (tertiary/aromatic N) is 3. The lowest BCUT2D eigenvalue weighted by Gasteiger charge is -2.41. The Balaban J connectivity index is 1.37. The van der Waals surface area contributed by atoms with Gasteiger partial charge in [0.25, 0.3) is 0 Å². The van der Waals surface area contributed by atoms with Gasteiger partial charge in [0.1, 0.15) is 18.8 Å². The Bertz CT molecular complexity index is 1280.